The van der Waals surface area contributed by atoms with Gasteiger partial charge in [-0.1, -0.05) is 18.2 Å². The highest BCUT2D eigenvalue weighted by Gasteiger charge is 2.47. The average molecular weight is 431 g/mol. The number of nitrogens with zero attached hydrogens (tertiary/aromatic N) is 3. The number of amides is 1. The number of rotatable bonds is 6. The van der Waals surface area contributed by atoms with Crippen LogP contribution in [0.1, 0.15) is 22.9 Å². The molecule has 3 aromatic rings. The average Bonchev–Trinajstić information content (AvgIpc) is 3.09. The quantitative estimate of drug-likeness (QED) is 0.363. The standard InChI is InChI=1S/C24H21N3O5/c1-31-17-9-5-10-18(32-2)19(17)22(28)20-21(16-8-3-4-12-26-16)27(24(30)23(20)29)14-15-7-6-11-25-13-15/h3-13,21,28H,14H2,1-2H3/b22-20+. The van der Waals surface area contributed by atoms with Gasteiger partial charge in [-0.15, -0.1) is 0 Å². The largest absolute Gasteiger partial charge is 0.506 e. The molecule has 2 aromatic heterocycles. The van der Waals surface area contributed by atoms with Crippen molar-refractivity contribution in [3.05, 3.63) is 89.5 Å². The number of Topliss-reactive ketones (excluding diaryl/α,β-unsaturated/α-hetero) is 1. The van der Waals surface area contributed by atoms with Crippen molar-refractivity contribution in [2.24, 2.45) is 0 Å². The zero-order valence-corrected chi connectivity index (χ0v) is 17.6. The van der Waals surface area contributed by atoms with Crippen LogP contribution in [-0.2, 0) is 16.1 Å². The van der Waals surface area contributed by atoms with E-state index in [9.17, 15) is 14.7 Å². The Hall–Kier alpha value is -4.20. The van der Waals surface area contributed by atoms with Crippen LogP contribution < -0.4 is 9.47 Å². The minimum absolute atomic E-state index is 0.0830. The SMILES string of the molecule is COc1cccc(OC)c1/C(O)=C1\C(=O)C(=O)N(Cc2cccnc2)C1c1ccccn1. The molecule has 32 heavy (non-hydrogen) atoms. The fraction of sp³-hybridized carbons (Fsp3) is 0.167. The summed E-state index contributed by atoms with van der Waals surface area (Å²) >= 11 is 0. The predicted octanol–water partition coefficient (Wildman–Crippen LogP) is 3.12. The highest BCUT2D eigenvalue weighted by Crippen LogP contribution is 2.43. The summed E-state index contributed by atoms with van der Waals surface area (Å²) in [5.41, 5.74) is 1.30. The molecule has 1 unspecified atom stereocenters. The van der Waals surface area contributed by atoms with Gasteiger partial charge in [-0.25, -0.2) is 0 Å². The van der Waals surface area contributed by atoms with E-state index in [0.29, 0.717) is 17.2 Å². The summed E-state index contributed by atoms with van der Waals surface area (Å²) in [6.45, 7) is 0.124. The van der Waals surface area contributed by atoms with E-state index in [-0.39, 0.29) is 23.4 Å². The highest BCUT2D eigenvalue weighted by atomic mass is 16.5. The number of carbonyl (C=O) groups is 2. The maximum atomic E-state index is 13.2. The molecule has 1 amide bonds. The molecule has 1 fully saturated rings. The first-order valence-corrected chi connectivity index (χ1v) is 9.86. The van der Waals surface area contributed by atoms with Crippen LogP contribution in [0.25, 0.3) is 5.76 Å². The van der Waals surface area contributed by atoms with Crippen LogP contribution in [-0.4, -0.2) is 45.9 Å². The molecule has 0 spiro atoms. The molecule has 0 aliphatic carbocycles. The summed E-state index contributed by atoms with van der Waals surface area (Å²) in [5, 5.41) is 11.3. The molecule has 8 heteroatoms. The van der Waals surface area contributed by atoms with Gasteiger partial charge in [-0.2, -0.15) is 0 Å². The van der Waals surface area contributed by atoms with Crippen molar-refractivity contribution in [2.75, 3.05) is 14.2 Å². The molecule has 162 valence electrons. The van der Waals surface area contributed by atoms with Crippen molar-refractivity contribution in [1.29, 1.82) is 0 Å². The number of aliphatic hydroxyl groups excluding tert-OH is 1. The molecule has 3 heterocycles. The predicted molar refractivity (Wildman–Crippen MR) is 116 cm³/mol. The smallest absolute Gasteiger partial charge is 0.296 e. The normalized spacial score (nSPS) is 17.4. The van der Waals surface area contributed by atoms with Crippen molar-refractivity contribution in [3.8, 4) is 11.5 Å². The fourth-order valence-electron chi connectivity index (χ4n) is 3.80. The van der Waals surface area contributed by atoms with Crippen LogP contribution in [0.15, 0.2) is 72.7 Å². The van der Waals surface area contributed by atoms with Gasteiger partial charge < -0.3 is 19.5 Å². The number of hydrogen-bond acceptors (Lipinski definition) is 7. The summed E-state index contributed by atoms with van der Waals surface area (Å²) in [6.07, 6.45) is 4.82. The van der Waals surface area contributed by atoms with Crippen molar-refractivity contribution in [1.82, 2.24) is 14.9 Å². The molecule has 0 radical (unpaired) electrons. The first kappa shape index (κ1) is 21.0. The van der Waals surface area contributed by atoms with E-state index in [2.05, 4.69) is 9.97 Å². The lowest BCUT2D eigenvalue weighted by molar-refractivity contribution is -0.140. The first-order chi connectivity index (χ1) is 15.6. The lowest BCUT2D eigenvalue weighted by atomic mass is 9.97. The van der Waals surface area contributed by atoms with E-state index < -0.39 is 17.7 Å². The molecule has 1 saturated heterocycles. The molecular formula is C24H21N3O5. The number of ether oxygens (including phenoxy) is 2. The first-order valence-electron chi connectivity index (χ1n) is 9.86. The van der Waals surface area contributed by atoms with Gasteiger partial charge in [-0.3, -0.25) is 19.6 Å². The summed E-state index contributed by atoms with van der Waals surface area (Å²) < 4.78 is 10.8. The maximum Gasteiger partial charge on any atom is 0.296 e. The zero-order chi connectivity index (χ0) is 22.7. The molecular weight excluding hydrogens is 410 g/mol. The molecule has 1 aromatic carbocycles. The Labute approximate surface area is 184 Å². The topological polar surface area (TPSA) is 102 Å². The van der Waals surface area contributed by atoms with Crippen LogP contribution in [0.2, 0.25) is 0 Å². The lowest BCUT2D eigenvalue weighted by Crippen LogP contribution is -2.29. The summed E-state index contributed by atoms with van der Waals surface area (Å²) in [5.74, 6) is -1.32. The van der Waals surface area contributed by atoms with Gasteiger partial charge in [0.1, 0.15) is 28.9 Å². The number of ketones is 1. The second kappa shape index (κ2) is 8.89. The zero-order valence-electron chi connectivity index (χ0n) is 17.6. The molecule has 4 rings (SSSR count). The summed E-state index contributed by atoms with van der Waals surface area (Å²) in [6, 6.07) is 12.8. The second-order valence-corrected chi connectivity index (χ2v) is 7.08. The van der Waals surface area contributed by atoms with Crippen molar-refractivity contribution in [2.45, 2.75) is 12.6 Å². The Morgan fingerprint density at radius 3 is 2.34 bits per heavy atom. The van der Waals surface area contributed by atoms with Gasteiger partial charge in [0.25, 0.3) is 11.7 Å². The van der Waals surface area contributed by atoms with Crippen LogP contribution in [0.3, 0.4) is 0 Å². The monoisotopic (exact) mass is 431 g/mol. The Kier molecular flexibility index (Phi) is 5.85. The van der Waals surface area contributed by atoms with Gasteiger partial charge in [0.2, 0.25) is 0 Å². The third-order valence-corrected chi connectivity index (χ3v) is 5.25. The van der Waals surface area contributed by atoms with Gasteiger partial charge in [0.15, 0.2) is 0 Å². The summed E-state index contributed by atoms with van der Waals surface area (Å²) in [4.78, 5) is 36.1. The van der Waals surface area contributed by atoms with Gasteiger partial charge in [0, 0.05) is 25.1 Å². The molecule has 1 aliphatic heterocycles. The van der Waals surface area contributed by atoms with Crippen molar-refractivity contribution >= 4 is 17.4 Å². The number of likely N-dealkylation sites (tertiary alicyclic amines) is 1. The van der Waals surface area contributed by atoms with Crippen molar-refractivity contribution in [3.63, 3.8) is 0 Å². The number of hydrogen-bond donors (Lipinski definition) is 1. The molecule has 8 nitrogen and oxygen atoms in total. The Bertz CT molecular complexity index is 1160. The fourth-order valence-corrected chi connectivity index (χ4v) is 3.80. The highest BCUT2D eigenvalue weighted by molar-refractivity contribution is 6.46. The van der Waals surface area contributed by atoms with E-state index >= 15 is 0 Å². The van der Waals surface area contributed by atoms with E-state index in [0.717, 1.165) is 5.56 Å². The maximum absolute atomic E-state index is 13.2. The molecule has 1 atom stereocenters. The molecule has 1 N–H and O–H groups in total. The van der Waals surface area contributed by atoms with E-state index in [1.807, 2.05) is 6.07 Å². The summed E-state index contributed by atoms with van der Waals surface area (Å²) in [7, 11) is 2.89. The molecule has 0 bridgehead atoms. The van der Waals surface area contributed by atoms with Crippen LogP contribution >= 0.6 is 0 Å². The van der Waals surface area contributed by atoms with Crippen molar-refractivity contribution < 1.29 is 24.2 Å². The van der Waals surface area contributed by atoms with Gasteiger partial charge >= 0.3 is 0 Å². The molecule has 1 aliphatic rings. The van der Waals surface area contributed by atoms with Crippen LogP contribution in [0.5, 0.6) is 11.5 Å². The Morgan fingerprint density at radius 2 is 1.75 bits per heavy atom. The number of benzene rings is 1. The second-order valence-electron chi connectivity index (χ2n) is 7.08. The lowest BCUT2D eigenvalue weighted by Gasteiger charge is -2.24. The minimum atomic E-state index is -0.897. The third kappa shape index (κ3) is 3.66. The third-order valence-electron chi connectivity index (χ3n) is 5.25. The number of aliphatic hydroxyl groups is 1. The van der Waals surface area contributed by atoms with Crippen LogP contribution in [0.4, 0.5) is 0 Å². The van der Waals surface area contributed by atoms with E-state index in [1.165, 1.54) is 19.1 Å². The minimum Gasteiger partial charge on any atom is -0.506 e. The van der Waals surface area contributed by atoms with Gasteiger partial charge in [-0.05, 0) is 35.9 Å². The Morgan fingerprint density at radius 1 is 1.00 bits per heavy atom. The van der Waals surface area contributed by atoms with E-state index in [4.69, 9.17) is 9.47 Å². The number of pyridine rings is 2. The van der Waals surface area contributed by atoms with Gasteiger partial charge in [0.05, 0.1) is 25.5 Å². The van der Waals surface area contributed by atoms with E-state index in [1.54, 1.807) is 61.1 Å². The number of carbonyl (C=O) groups excluding carboxylic acids is 2. The van der Waals surface area contributed by atoms with Crippen LogP contribution in [0, 0.1) is 0 Å². The number of aromatic nitrogens is 2. The molecule has 0 saturated carbocycles. The number of methoxy groups -OCH3 is 2. The Balaban J connectivity index is 1.92.